The molecule has 0 amide bonds. The fraction of sp³-hybridized carbons (Fsp3) is 0.900. The average Bonchev–Trinajstić information content (AvgIpc) is 2.63. The van der Waals surface area contributed by atoms with Crippen molar-refractivity contribution in [3.05, 3.63) is 0 Å². The molecule has 0 spiro atoms. The van der Waals surface area contributed by atoms with Gasteiger partial charge in [0.05, 0.1) is 19.3 Å². The van der Waals surface area contributed by atoms with Crippen LogP contribution >= 0.6 is 0 Å². The van der Waals surface area contributed by atoms with E-state index in [1.807, 2.05) is 13.8 Å². The molecule has 2 unspecified atom stereocenters. The van der Waals surface area contributed by atoms with Gasteiger partial charge in [-0.05, 0) is 6.42 Å². The van der Waals surface area contributed by atoms with E-state index in [4.69, 9.17) is 19.8 Å². The maximum absolute atomic E-state index is 8.87. The van der Waals surface area contributed by atoms with E-state index in [9.17, 15) is 0 Å². The Balaban J connectivity index is 2.44. The molecule has 4 heteroatoms. The Hall–Kier alpha value is -0.630. The summed E-state index contributed by atoms with van der Waals surface area (Å²) in [4.78, 5) is 0. The van der Waals surface area contributed by atoms with Crippen LogP contribution in [0, 0.1) is 16.7 Å². The summed E-state index contributed by atoms with van der Waals surface area (Å²) in [5.74, 6) is 0. The summed E-state index contributed by atoms with van der Waals surface area (Å²) in [5.41, 5.74) is -0.167. The zero-order valence-corrected chi connectivity index (χ0v) is 8.69. The first-order chi connectivity index (χ1) is 6.60. The lowest BCUT2D eigenvalue weighted by molar-refractivity contribution is -0.136. The molecule has 4 nitrogen and oxygen atoms in total. The van der Waals surface area contributed by atoms with Crippen molar-refractivity contribution in [2.24, 2.45) is 5.41 Å². The highest BCUT2D eigenvalue weighted by molar-refractivity contribution is 4.82. The molecule has 0 bridgehead atoms. The molecule has 0 saturated carbocycles. The third-order valence-electron chi connectivity index (χ3n) is 2.47. The Bertz CT molecular complexity index is 222. The number of hydrogen-bond donors (Lipinski definition) is 1. The molecule has 1 aliphatic heterocycles. The molecular weight excluding hydrogens is 182 g/mol. The molecular formula is C10H17NO3. The van der Waals surface area contributed by atoms with Crippen LogP contribution in [0.5, 0.6) is 0 Å². The molecule has 1 N–H and O–H groups in total. The van der Waals surface area contributed by atoms with Crippen molar-refractivity contribution in [1.29, 1.82) is 5.26 Å². The maximum atomic E-state index is 8.87. The highest BCUT2D eigenvalue weighted by atomic mass is 16.7. The summed E-state index contributed by atoms with van der Waals surface area (Å²) in [5, 5.41) is 17.4. The molecule has 14 heavy (non-hydrogen) atoms. The highest BCUT2D eigenvalue weighted by Gasteiger charge is 2.37. The van der Waals surface area contributed by atoms with Gasteiger partial charge in [0.2, 0.25) is 0 Å². The monoisotopic (exact) mass is 199 g/mol. The van der Waals surface area contributed by atoms with Gasteiger partial charge < -0.3 is 14.6 Å². The van der Waals surface area contributed by atoms with E-state index in [2.05, 4.69) is 6.07 Å². The number of aliphatic hydroxyl groups is 1. The predicted octanol–water partition coefficient (Wildman–Crippen LogP) is 1.05. The third-order valence-corrected chi connectivity index (χ3v) is 2.47. The molecule has 0 aromatic heterocycles. The first-order valence-electron chi connectivity index (χ1n) is 4.85. The van der Waals surface area contributed by atoms with Crippen LogP contribution in [0.3, 0.4) is 0 Å². The number of aliphatic hydroxyl groups excluding tert-OH is 1. The van der Waals surface area contributed by atoms with E-state index >= 15 is 0 Å². The van der Waals surface area contributed by atoms with Gasteiger partial charge in [-0.2, -0.15) is 5.26 Å². The molecule has 1 fully saturated rings. The zero-order valence-electron chi connectivity index (χ0n) is 8.69. The predicted molar refractivity (Wildman–Crippen MR) is 50.3 cm³/mol. The van der Waals surface area contributed by atoms with Gasteiger partial charge in [0.15, 0.2) is 6.29 Å². The lowest BCUT2D eigenvalue weighted by Gasteiger charge is -2.29. The van der Waals surface area contributed by atoms with Gasteiger partial charge in [0, 0.05) is 11.8 Å². The van der Waals surface area contributed by atoms with Gasteiger partial charge in [-0.3, -0.25) is 0 Å². The standard InChI is InChI=1S/C10H17NO3/c1-10(2,4-3-5-11)9-13-7-8(6-12)14-9/h8-9,12H,3-4,6-7H2,1-2H3. The number of rotatable bonds is 4. The van der Waals surface area contributed by atoms with Crippen molar-refractivity contribution in [2.45, 2.75) is 39.1 Å². The number of nitrogens with zero attached hydrogens (tertiary/aromatic N) is 1. The van der Waals surface area contributed by atoms with E-state index in [1.54, 1.807) is 0 Å². The second-order valence-electron chi connectivity index (χ2n) is 4.25. The Morgan fingerprint density at radius 1 is 1.57 bits per heavy atom. The molecule has 0 aromatic carbocycles. The van der Waals surface area contributed by atoms with Gasteiger partial charge in [0.25, 0.3) is 0 Å². The van der Waals surface area contributed by atoms with Crippen molar-refractivity contribution in [3.8, 4) is 6.07 Å². The Kier molecular flexibility index (Phi) is 3.87. The van der Waals surface area contributed by atoms with Gasteiger partial charge >= 0.3 is 0 Å². The maximum Gasteiger partial charge on any atom is 0.163 e. The fourth-order valence-electron chi connectivity index (χ4n) is 1.45. The molecule has 1 rings (SSSR count). The van der Waals surface area contributed by atoms with E-state index in [0.717, 1.165) is 6.42 Å². The van der Waals surface area contributed by atoms with Crippen molar-refractivity contribution in [3.63, 3.8) is 0 Å². The molecule has 1 aliphatic rings. The average molecular weight is 199 g/mol. The van der Waals surface area contributed by atoms with Gasteiger partial charge in [-0.15, -0.1) is 0 Å². The minimum absolute atomic E-state index is 0.00910. The largest absolute Gasteiger partial charge is 0.394 e. The molecule has 0 radical (unpaired) electrons. The lowest BCUT2D eigenvalue weighted by atomic mass is 9.87. The van der Waals surface area contributed by atoms with E-state index < -0.39 is 0 Å². The molecule has 80 valence electrons. The first-order valence-corrected chi connectivity index (χ1v) is 4.85. The van der Waals surface area contributed by atoms with Crippen LogP contribution in [0.15, 0.2) is 0 Å². The number of nitriles is 1. The summed E-state index contributed by atoms with van der Waals surface area (Å²) < 4.78 is 10.9. The van der Waals surface area contributed by atoms with E-state index in [-0.39, 0.29) is 24.4 Å². The fourth-order valence-corrected chi connectivity index (χ4v) is 1.45. The molecule has 1 saturated heterocycles. The smallest absolute Gasteiger partial charge is 0.163 e. The van der Waals surface area contributed by atoms with E-state index in [0.29, 0.717) is 13.0 Å². The first kappa shape index (κ1) is 11.4. The van der Waals surface area contributed by atoms with Crippen LogP contribution in [0.2, 0.25) is 0 Å². The summed E-state index contributed by atoms with van der Waals surface area (Å²) >= 11 is 0. The second-order valence-corrected chi connectivity index (χ2v) is 4.25. The molecule has 0 aliphatic carbocycles. The van der Waals surface area contributed by atoms with Gasteiger partial charge in [0.1, 0.15) is 6.10 Å². The van der Waals surface area contributed by atoms with Crippen LogP contribution in [-0.2, 0) is 9.47 Å². The Morgan fingerprint density at radius 3 is 2.79 bits per heavy atom. The van der Waals surface area contributed by atoms with Crippen LogP contribution in [0.25, 0.3) is 0 Å². The molecule has 1 heterocycles. The normalized spacial score (nSPS) is 27.6. The van der Waals surface area contributed by atoms with Crippen LogP contribution in [-0.4, -0.2) is 30.7 Å². The quantitative estimate of drug-likeness (QED) is 0.735. The van der Waals surface area contributed by atoms with Gasteiger partial charge in [-0.1, -0.05) is 13.8 Å². The van der Waals surface area contributed by atoms with Crippen molar-refractivity contribution in [1.82, 2.24) is 0 Å². The number of ether oxygens (including phenoxy) is 2. The molecule has 0 aromatic rings. The zero-order chi connectivity index (χ0) is 10.6. The second kappa shape index (κ2) is 4.74. The van der Waals surface area contributed by atoms with Gasteiger partial charge in [-0.25, -0.2) is 0 Å². The topological polar surface area (TPSA) is 62.5 Å². The van der Waals surface area contributed by atoms with E-state index in [1.165, 1.54) is 0 Å². The van der Waals surface area contributed by atoms with Crippen LogP contribution in [0.1, 0.15) is 26.7 Å². The third kappa shape index (κ3) is 2.68. The van der Waals surface area contributed by atoms with Crippen LogP contribution < -0.4 is 0 Å². The van der Waals surface area contributed by atoms with Crippen LogP contribution in [0.4, 0.5) is 0 Å². The minimum atomic E-state index is -0.298. The number of hydrogen-bond acceptors (Lipinski definition) is 4. The summed E-state index contributed by atoms with van der Waals surface area (Å²) in [6.07, 6.45) is 0.737. The summed E-state index contributed by atoms with van der Waals surface area (Å²) in [6.45, 7) is 4.45. The van der Waals surface area contributed by atoms with Crippen molar-refractivity contribution >= 4 is 0 Å². The van der Waals surface area contributed by atoms with Crippen molar-refractivity contribution < 1.29 is 14.6 Å². The Morgan fingerprint density at radius 2 is 2.29 bits per heavy atom. The SMILES string of the molecule is CC(C)(CCC#N)C1OCC(CO)O1. The summed E-state index contributed by atoms with van der Waals surface area (Å²) in [6, 6.07) is 2.11. The summed E-state index contributed by atoms with van der Waals surface area (Å²) in [7, 11) is 0. The minimum Gasteiger partial charge on any atom is -0.394 e. The Labute approximate surface area is 84.4 Å². The van der Waals surface area contributed by atoms with Crippen molar-refractivity contribution in [2.75, 3.05) is 13.2 Å². The lowest BCUT2D eigenvalue weighted by Crippen LogP contribution is -2.31. The highest BCUT2D eigenvalue weighted by Crippen LogP contribution is 2.33. The molecule has 2 atom stereocenters.